The SMILES string of the molecule is COc1cc(NCc2nc(C)no2)nc(C)n1. The second kappa shape index (κ2) is 4.77. The molecule has 0 spiro atoms. The maximum absolute atomic E-state index is 5.05. The zero-order valence-electron chi connectivity index (χ0n) is 9.89. The van der Waals surface area contributed by atoms with Gasteiger partial charge >= 0.3 is 0 Å². The molecule has 1 N–H and O–H groups in total. The highest BCUT2D eigenvalue weighted by Crippen LogP contribution is 2.13. The highest BCUT2D eigenvalue weighted by atomic mass is 16.5. The molecule has 90 valence electrons. The highest BCUT2D eigenvalue weighted by Gasteiger charge is 2.05. The molecule has 0 atom stereocenters. The number of nitrogens with zero attached hydrogens (tertiary/aromatic N) is 4. The van der Waals surface area contributed by atoms with E-state index in [1.54, 1.807) is 27.0 Å². The van der Waals surface area contributed by atoms with Crippen LogP contribution >= 0.6 is 0 Å². The standard InChI is InChI=1S/C10H13N5O2/c1-6-12-8(4-9(13-6)16-3)11-5-10-14-7(2)15-17-10/h4H,5H2,1-3H3,(H,11,12,13). The molecule has 7 heteroatoms. The minimum Gasteiger partial charge on any atom is -0.481 e. The van der Waals surface area contributed by atoms with Gasteiger partial charge < -0.3 is 14.6 Å². The third kappa shape index (κ3) is 2.90. The fourth-order valence-corrected chi connectivity index (χ4v) is 1.31. The van der Waals surface area contributed by atoms with Crippen molar-refractivity contribution >= 4 is 5.82 Å². The van der Waals surface area contributed by atoms with E-state index in [1.807, 2.05) is 0 Å². The first-order valence-electron chi connectivity index (χ1n) is 5.10. The van der Waals surface area contributed by atoms with Gasteiger partial charge in [-0.3, -0.25) is 0 Å². The molecule has 0 aromatic carbocycles. The molecule has 0 aliphatic heterocycles. The molecule has 2 heterocycles. The number of nitrogens with one attached hydrogen (secondary N) is 1. The van der Waals surface area contributed by atoms with Gasteiger partial charge in [0.1, 0.15) is 11.6 Å². The van der Waals surface area contributed by atoms with Gasteiger partial charge in [-0.25, -0.2) is 4.98 Å². The Hall–Kier alpha value is -2.18. The molecule has 17 heavy (non-hydrogen) atoms. The summed E-state index contributed by atoms with van der Waals surface area (Å²) in [5.41, 5.74) is 0. The Bertz CT molecular complexity index is 511. The first-order chi connectivity index (χ1) is 8.17. The molecular formula is C10H13N5O2. The summed E-state index contributed by atoms with van der Waals surface area (Å²) in [6.07, 6.45) is 0. The van der Waals surface area contributed by atoms with E-state index >= 15 is 0 Å². The van der Waals surface area contributed by atoms with Crippen LogP contribution in [-0.4, -0.2) is 27.2 Å². The zero-order chi connectivity index (χ0) is 12.3. The minimum absolute atomic E-state index is 0.417. The Labute approximate surface area is 98.2 Å². The number of aryl methyl sites for hydroxylation is 2. The number of anilines is 1. The van der Waals surface area contributed by atoms with Crippen LogP contribution in [0.5, 0.6) is 5.88 Å². The summed E-state index contributed by atoms with van der Waals surface area (Å²) in [6, 6.07) is 1.70. The number of methoxy groups -OCH3 is 1. The lowest BCUT2D eigenvalue weighted by Crippen LogP contribution is -2.04. The first kappa shape index (κ1) is 11.3. The third-order valence-corrected chi connectivity index (χ3v) is 2.01. The van der Waals surface area contributed by atoms with Crippen molar-refractivity contribution in [1.29, 1.82) is 0 Å². The fraction of sp³-hybridized carbons (Fsp3) is 0.400. The van der Waals surface area contributed by atoms with E-state index in [-0.39, 0.29) is 0 Å². The van der Waals surface area contributed by atoms with Gasteiger partial charge in [-0.2, -0.15) is 9.97 Å². The molecule has 0 saturated carbocycles. The van der Waals surface area contributed by atoms with E-state index in [4.69, 9.17) is 9.26 Å². The molecule has 2 rings (SSSR count). The molecule has 0 saturated heterocycles. The van der Waals surface area contributed by atoms with Crippen LogP contribution in [0.15, 0.2) is 10.6 Å². The monoisotopic (exact) mass is 235 g/mol. The van der Waals surface area contributed by atoms with Gasteiger partial charge in [-0.15, -0.1) is 0 Å². The van der Waals surface area contributed by atoms with Crippen LogP contribution in [-0.2, 0) is 6.54 Å². The number of rotatable bonds is 4. The molecule has 0 radical (unpaired) electrons. The van der Waals surface area contributed by atoms with E-state index in [0.29, 0.717) is 35.8 Å². The van der Waals surface area contributed by atoms with Gasteiger partial charge in [0.2, 0.25) is 11.8 Å². The van der Waals surface area contributed by atoms with Crippen LogP contribution in [0.4, 0.5) is 5.82 Å². The summed E-state index contributed by atoms with van der Waals surface area (Å²) in [4.78, 5) is 12.4. The van der Waals surface area contributed by atoms with Crippen LogP contribution in [0.25, 0.3) is 0 Å². The normalized spacial score (nSPS) is 10.3. The maximum atomic E-state index is 5.05. The second-order valence-electron chi connectivity index (χ2n) is 3.43. The molecule has 0 unspecified atom stereocenters. The zero-order valence-corrected chi connectivity index (χ0v) is 9.89. The summed E-state index contributed by atoms with van der Waals surface area (Å²) in [5.74, 6) is 2.93. The van der Waals surface area contributed by atoms with E-state index in [2.05, 4.69) is 25.4 Å². The lowest BCUT2D eigenvalue weighted by molar-refractivity contribution is 0.379. The molecule has 0 bridgehead atoms. The minimum atomic E-state index is 0.417. The van der Waals surface area contributed by atoms with Crippen LogP contribution < -0.4 is 10.1 Å². The molecule has 0 aliphatic carbocycles. The van der Waals surface area contributed by atoms with Crippen molar-refractivity contribution in [3.05, 3.63) is 23.6 Å². The van der Waals surface area contributed by atoms with Crippen LogP contribution in [0, 0.1) is 13.8 Å². The van der Waals surface area contributed by atoms with Gasteiger partial charge in [-0.1, -0.05) is 5.16 Å². The molecule has 7 nitrogen and oxygen atoms in total. The summed E-state index contributed by atoms with van der Waals surface area (Å²) in [7, 11) is 1.56. The van der Waals surface area contributed by atoms with Crippen molar-refractivity contribution < 1.29 is 9.26 Å². The number of hydrogen-bond acceptors (Lipinski definition) is 7. The fourth-order valence-electron chi connectivity index (χ4n) is 1.31. The Morgan fingerprint density at radius 3 is 2.71 bits per heavy atom. The average molecular weight is 235 g/mol. The molecule has 0 amide bonds. The van der Waals surface area contributed by atoms with Crippen molar-refractivity contribution in [2.45, 2.75) is 20.4 Å². The van der Waals surface area contributed by atoms with Crippen molar-refractivity contribution in [3.8, 4) is 5.88 Å². The van der Waals surface area contributed by atoms with Gasteiger partial charge in [0.25, 0.3) is 0 Å². The third-order valence-electron chi connectivity index (χ3n) is 2.01. The lowest BCUT2D eigenvalue weighted by Gasteiger charge is -2.05. The Balaban J connectivity index is 2.05. The summed E-state index contributed by atoms with van der Waals surface area (Å²) in [6.45, 7) is 3.98. The van der Waals surface area contributed by atoms with Crippen LogP contribution in [0.2, 0.25) is 0 Å². The van der Waals surface area contributed by atoms with Gasteiger partial charge in [0, 0.05) is 6.07 Å². The predicted molar refractivity (Wildman–Crippen MR) is 59.7 cm³/mol. The van der Waals surface area contributed by atoms with Crippen LogP contribution in [0.3, 0.4) is 0 Å². The average Bonchev–Trinajstić information content (AvgIpc) is 2.72. The van der Waals surface area contributed by atoms with E-state index in [0.717, 1.165) is 0 Å². The van der Waals surface area contributed by atoms with E-state index in [9.17, 15) is 0 Å². The van der Waals surface area contributed by atoms with Crippen molar-refractivity contribution in [1.82, 2.24) is 20.1 Å². The highest BCUT2D eigenvalue weighted by molar-refractivity contribution is 5.38. The summed E-state index contributed by atoms with van der Waals surface area (Å²) < 4.78 is 10.0. The molecule has 0 fully saturated rings. The molecule has 2 aromatic heterocycles. The summed E-state index contributed by atoms with van der Waals surface area (Å²) in [5, 5.41) is 6.76. The lowest BCUT2D eigenvalue weighted by atomic mass is 10.5. The van der Waals surface area contributed by atoms with E-state index in [1.165, 1.54) is 0 Å². The maximum Gasteiger partial charge on any atom is 0.245 e. The smallest absolute Gasteiger partial charge is 0.245 e. The summed E-state index contributed by atoms with van der Waals surface area (Å²) >= 11 is 0. The van der Waals surface area contributed by atoms with Crippen LogP contribution in [0.1, 0.15) is 17.5 Å². The number of aromatic nitrogens is 4. The second-order valence-corrected chi connectivity index (χ2v) is 3.43. The van der Waals surface area contributed by atoms with Crippen molar-refractivity contribution in [2.75, 3.05) is 12.4 Å². The quantitative estimate of drug-likeness (QED) is 0.848. The van der Waals surface area contributed by atoms with Crippen molar-refractivity contribution in [2.24, 2.45) is 0 Å². The van der Waals surface area contributed by atoms with Gasteiger partial charge in [0.05, 0.1) is 13.7 Å². The Kier molecular flexibility index (Phi) is 3.17. The number of ether oxygens (including phenoxy) is 1. The van der Waals surface area contributed by atoms with Gasteiger partial charge in [0.15, 0.2) is 5.82 Å². The largest absolute Gasteiger partial charge is 0.481 e. The molecular weight excluding hydrogens is 222 g/mol. The number of hydrogen-bond donors (Lipinski definition) is 1. The topological polar surface area (TPSA) is 86.0 Å². The predicted octanol–water partition coefficient (Wildman–Crippen LogP) is 1.10. The Morgan fingerprint density at radius 2 is 2.06 bits per heavy atom. The Morgan fingerprint density at radius 1 is 1.24 bits per heavy atom. The van der Waals surface area contributed by atoms with Crippen molar-refractivity contribution in [3.63, 3.8) is 0 Å². The van der Waals surface area contributed by atoms with E-state index < -0.39 is 0 Å². The molecule has 2 aromatic rings. The first-order valence-corrected chi connectivity index (χ1v) is 5.10. The van der Waals surface area contributed by atoms with Gasteiger partial charge in [-0.05, 0) is 13.8 Å². The molecule has 0 aliphatic rings.